The van der Waals surface area contributed by atoms with Crippen LogP contribution in [0.3, 0.4) is 0 Å². The number of rotatable bonds is 2. The molecule has 1 fully saturated rings. The monoisotopic (exact) mass is 263 g/mol. The molecule has 19 heavy (non-hydrogen) atoms. The first-order valence-electron chi connectivity index (χ1n) is 6.98. The van der Waals surface area contributed by atoms with Crippen molar-refractivity contribution in [2.45, 2.75) is 25.0 Å². The van der Waals surface area contributed by atoms with Gasteiger partial charge in [0.2, 0.25) is 0 Å². The summed E-state index contributed by atoms with van der Waals surface area (Å²) < 4.78 is 11.5. The summed E-state index contributed by atoms with van der Waals surface area (Å²) in [5, 5.41) is 10.6. The van der Waals surface area contributed by atoms with Crippen LogP contribution in [0.1, 0.15) is 23.7 Å². The topological polar surface area (TPSA) is 41.9 Å². The predicted molar refractivity (Wildman–Crippen MR) is 72.5 cm³/mol. The van der Waals surface area contributed by atoms with Crippen molar-refractivity contribution in [1.29, 1.82) is 0 Å². The van der Waals surface area contributed by atoms with Crippen molar-refractivity contribution in [3.05, 3.63) is 29.3 Å². The number of fused-ring (bicyclic) bond motifs is 1. The summed E-state index contributed by atoms with van der Waals surface area (Å²) in [6.45, 7) is 3.09. The zero-order valence-electron chi connectivity index (χ0n) is 11.3. The van der Waals surface area contributed by atoms with Crippen LogP contribution in [0, 0.1) is 0 Å². The minimum Gasteiger partial charge on any atom is -0.493 e. The highest BCUT2D eigenvalue weighted by molar-refractivity contribution is 5.44. The number of morpholine rings is 1. The summed E-state index contributed by atoms with van der Waals surface area (Å²) in [6.07, 6.45) is 1.29. The van der Waals surface area contributed by atoms with Crippen LogP contribution in [0.2, 0.25) is 0 Å². The molecule has 0 radical (unpaired) electrons. The van der Waals surface area contributed by atoms with Gasteiger partial charge in [0, 0.05) is 18.7 Å². The molecule has 2 aliphatic heterocycles. The lowest BCUT2D eigenvalue weighted by molar-refractivity contribution is -0.0851. The Morgan fingerprint density at radius 3 is 3.11 bits per heavy atom. The normalized spacial score (nSPS) is 25.5. The molecule has 0 saturated carbocycles. The standard InChI is InChI=1S/C15H21NO3/c1-16-7-9-18-13(10-16)14(17)12-6-2-4-11-5-3-8-19-15(11)12/h2,4,6,13-14,17H,3,5,7-10H2,1H3. The quantitative estimate of drug-likeness (QED) is 0.875. The molecule has 3 rings (SSSR count). The van der Waals surface area contributed by atoms with E-state index in [1.54, 1.807) is 0 Å². The van der Waals surface area contributed by atoms with Crippen molar-refractivity contribution >= 4 is 0 Å². The molecule has 0 bridgehead atoms. The minimum atomic E-state index is -0.615. The zero-order chi connectivity index (χ0) is 13.2. The van der Waals surface area contributed by atoms with E-state index < -0.39 is 6.10 Å². The number of hydrogen-bond acceptors (Lipinski definition) is 4. The fourth-order valence-electron chi connectivity index (χ4n) is 2.85. The molecule has 1 aromatic carbocycles. The summed E-state index contributed by atoms with van der Waals surface area (Å²) in [4.78, 5) is 2.19. The molecule has 2 unspecified atom stereocenters. The van der Waals surface area contributed by atoms with Crippen molar-refractivity contribution in [3.63, 3.8) is 0 Å². The number of nitrogens with zero attached hydrogens (tertiary/aromatic N) is 1. The van der Waals surface area contributed by atoms with Crippen molar-refractivity contribution in [2.75, 3.05) is 33.4 Å². The van der Waals surface area contributed by atoms with Crippen molar-refractivity contribution in [1.82, 2.24) is 4.90 Å². The molecule has 4 heteroatoms. The molecule has 104 valence electrons. The van der Waals surface area contributed by atoms with Crippen molar-refractivity contribution in [2.24, 2.45) is 0 Å². The number of hydrogen-bond donors (Lipinski definition) is 1. The Morgan fingerprint density at radius 2 is 2.26 bits per heavy atom. The van der Waals surface area contributed by atoms with Crippen LogP contribution < -0.4 is 4.74 Å². The lowest BCUT2D eigenvalue weighted by atomic mass is 9.96. The fourth-order valence-corrected chi connectivity index (χ4v) is 2.85. The second-order valence-corrected chi connectivity index (χ2v) is 5.40. The van der Waals surface area contributed by atoms with Crippen molar-refractivity contribution < 1.29 is 14.6 Å². The highest BCUT2D eigenvalue weighted by Crippen LogP contribution is 2.35. The van der Waals surface area contributed by atoms with Crippen LogP contribution in [-0.4, -0.2) is 49.5 Å². The molecule has 0 aromatic heterocycles. The Morgan fingerprint density at radius 1 is 1.37 bits per heavy atom. The van der Waals surface area contributed by atoms with Gasteiger partial charge in [0.1, 0.15) is 18.0 Å². The summed E-state index contributed by atoms with van der Waals surface area (Å²) in [6, 6.07) is 6.03. The number of ether oxygens (including phenoxy) is 2. The van der Waals surface area contributed by atoms with Gasteiger partial charge in [-0.1, -0.05) is 18.2 Å². The smallest absolute Gasteiger partial charge is 0.128 e. The number of aryl methyl sites for hydroxylation is 1. The molecule has 0 aliphatic carbocycles. The average Bonchev–Trinajstić information content (AvgIpc) is 2.46. The Hall–Kier alpha value is -1.10. The van der Waals surface area contributed by atoms with Crippen molar-refractivity contribution in [3.8, 4) is 5.75 Å². The molecular weight excluding hydrogens is 242 g/mol. The van der Waals surface area contributed by atoms with E-state index in [9.17, 15) is 5.11 Å². The van der Waals surface area contributed by atoms with Gasteiger partial charge < -0.3 is 19.5 Å². The Bertz CT molecular complexity index is 449. The Balaban J connectivity index is 1.84. The highest BCUT2D eigenvalue weighted by Gasteiger charge is 2.29. The summed E-state index contributed by atoms with van der Waals surface area (Å²) in [5.74, 6) is 0.873. The van der Waals surface area contributed by atoms with Gasteiger partial charge in [-0.05, 0) is 25.5 Å². The second-order valence-electron chi connectivity index (χ2n) is 5.40. The van der Waals surface area contributed by atoms with E-state index >= 15 is 0 Å². The molecular formula is C15H21NO3. The molecule has 1 aromatic rings. The van der Waals surface area contributed by atoms with Crippen LogP contribution in [0.15, 0.2) is 18.2 Å². The van der Waals surface area contributed by atoms with E-state index in [2.05, 4.69) is 18.0 Å². The molecule has 2 aliphatic rings. The van der Waals surface area contributed by atoms with Gasteiger partial charge >= 0.3 is 0 Å². The third kappa shape index (κ3) is 2.61. The first kappa shape index (κ1) is 12.9. The van der Waals surface area contributed by atoms with E-state index in [-0.39, 0.29) is 6.10 Å². The maximum atomic E-state index is 10.6. The van der Waals surface area contributed by atoms with E-state index in [0.717, 1.165) is 43.9 Å². The molecule has 0 spiro atoms. The fraction of sp³-hybridized carbons (Fsp3) is 0.600. The summed E-state index contributed by atoms with van der Waals surface area (Å²) >= 11 is 0. The third-order valence-electron chi connectivity index (χ3n) is 3.93. The molecule has 1 N–H and O–H groups in total. The van der Waals surface area contributed by atoms with Gasteiger partial charge in [0.05, 0.1) is 13.2 Å². The van der Waals surface area contributed by atoms with Gasteiger partial charge in [-0.15, -0.1) is 0 Å². The van der Waals surface area contributed by atoms with Crippen LogP contribution in [-0.2, 0) is 11.2 Å². The molecule has 2 atom stereocenters. The number of aliphatic hydroxyl groups is 1. The molecule has 4 nitrogen and oxygen atoms in total. The number of likely N-dealkylation sites (N-methyl/N-ethyl adjacent to an activating group) is 1. The first-order chi connectivity index (χ1) is 9.25. The Labute approximate surface area is 113 Å². The second kappa shape index (κ2) is 5.49. The molecule has 0 amide bonds. The minimum absolute atomic E-state index is 0.171. The first-order valence-corrected chi connectivity index (χ1v) is 6.98. The van der Waals surface area contributed by atoms with Gasteiger partial charge in [-0.25, -0.2) is 0 Å². The number of aliphatic hydroxyl groups excluding tert-OH is 1. The zero-order valence-corrected chi connectivity index (χ0v) is 11.3. The van der Waals surface area contributed by atoms with Crippen LogP contribution in [0.25, 0.3) is 0 Å². The number of para-hydroxylation sites is 1. The van der Waals surface area contributed by atoms with E-state index in [1.807, 2.05) is 12.1 Å². The lowest BCUT2D eigenvalue weighted by Gasteiger charge is -2.34. The van der Waals surface area contributed by atoms with E-state index in [0.29, 0.717) is 6.61 Å². The van der Waals surface area contributed by atoms with Gasteiger partial charge in [-0.2, -0.15) is 0 Å². The SMILES string of the molecule is CN1CCOC(C(O)c2cccc3c2OCCC3)C1. The van der Waals surface area contributed by atoms with Crippen LogP contribution in [0.4, 0.5) is 0 Å². The maximum Gasteiger partial charge on any atom is 0.128 e. The lowest BCUT2D eigenvalue weighted by Crippen LogP contribution is -2.43. The predicted octanol–water partition coefficient (Wildman–Crippen LogP) is 1.38. The number of benzene rings is 1. The maximum absolute atomic E-state index is 10.6. The summed E-state index contributed by atoms with van der Waals surface area (Å²) in [7, 11) is 2.05. The van der Waals surface area contributed by atoms with E-state index in [1.165, 1.54) is 5.56 Å². The van der Waals surface area contributed by atoms with Crippen LogP contribution in [0.5, 0.6) is 5.75 Å². The molecule has 1 saturated heterocycles. The Kier molecular flexibility index (Phi) is 3.73. The van der Waals surface area contributed by atoms with Gasteiger partial charge in [0.15, 0.2) is 0 Å². The molecule has 2 heterocycles. The highest BCUT2D eigenvalue weighted by atomic mass is 16.5. The van der Waals surface area contributed by atoms with E-state index in [4.69, 9.17) is 9.47 Å². The largest absolute Gasteiger partial charge is 0.493 e. The van der Waals surface area contributed by atoms with Crippen LogP contribution >= 0.6 is 0 Å². The van der Waals surface area contributed by atoms with Gasteiger partial charge in [0.25, 0.3) is 0 Å². The average molecular weight is 263 g/mol. The third-order valence-corrected chi connectivity index (χ3v) is 3.93. The van der Waals surface area contributed by atoms with Gasteiger partial charge in [-0.3, -0.25) is 0 Å². The summed E-state index contributed by atoms with van der Waals surface area (Å²) in [5.41, 5.74) is 2.07.